The number of imidazole rings is 1. The van der Waals surface area contributed by atoms with Crippen LogP contribution in [0.1, 0.15) is 51.9 Å². The van der Waals surface area contributed by atoms with Crippen LogP contribution in [0.2, 0.25) is 0 Å². The predicted octanol–water partition coefficient (Wildman–Crippen LogP) is 3.49. The van der Waals surface area contributed by atoms with E-state index in [-0.39, 0.29) is 5.91 Å². The van der Waals surface area contributed by atoms with Gasteiger partial charge in [0.2, 0.25) is 5.91 Å². The number of fused-ring (bicyclic) bond motifs is 1. The molecule has 1 N–H and O–H groups in total. The first kappa shape index (κ1) is 19.8. The van der Waals surface area contributed by atoms with Gasteiger partial charge in [0.1, 0.15) is 5.82 Å². The van der Waals surface area contributed by atoms with Crippen molar-refractivity contribution in [1.82, 2.24) is 19.4 Å². The summed E-state index contributed by atoms with van der Waals surface area (Å²) in [5.41, 5.74) is 2.94. The Morgan fingerprint density at radius 2 is 1.96 bits per heavy atom. The van der Waals surface area contributed by atoms with Gasteiger partial charge in [0, 0.05) is 44.3 Å². The van der Waals surface area contributed by atoms with E-state index in [0.717, 1.165) is 68.1 Å². The lowest BCUT2D eigenvalue weighted by Crippen LogP contribution is -2.44. The van der Waals surface area contributed by atoms with Crippen LogP contribution >= 0.6 is 0 Å². The number of piperazine rings is 1. The molecule has 2 heterocycles. The van der Waals surface area contributed by atoms with Gasteiger partial charge in [-0.2, -0.15) is 0 Å². The average molecular weight is 372 g/mol. The fourth-order valence-electron chi connectivity index (χ4n) is 3.68. The molecule has 1 saturated heterocycles. The molecule has 1 aliphatic rings. The highest BCUT2D eigenvalue weighted by Gasteiger charge is 2.19. The number of hydrogen-bond donors (Lipinski definition) is 1. The summed E-state index contributed by atoms with van der Waals surface area (Å²) in [5, 5.41) is 3.01. The van der Waals surface area contributed by atoms with E-state index >= 15 is 0 Å². The number of nitrogens with one attached hydrogen (secondary N) is 1. The molecule has 1 amide bonds. The molecule has 3 rings (SSSR count). The van der Waals surface area contributed by atoms with Gasteiger partial charge in [-0.3, -0.25) is 9.69 Å². The van der Waals surface area contributed by atoms with Crippen molar-refractivity contribution in [3.8, 4) is 0 Å². The lowest BCUT2D eigenvalue weighted by molar-refractivity contribution is -0.116. The molecule has 0 atom stereocenters. The molecule has 0 aliphatic carbocycles. The van der Waals surface area contributed by atoms with Crippen LogP contribution in [0.25, 0.3) is 11.0 Å². The lowest BCUT2D eigenvalue weighted by Gasteiger charge is -2.32. The van der Waals surface area contributed by atoms with Gasteiger partial charge >= 0.3 is 0 Å². The highest BCUT2D eigenvalue weighted by molar-refractivity contribution is 5.93. The minimum Gasteiger partial charge on any atom is -0.326 e. The zero-order valence-electron chi connectivity index (χ0n) is 17.2. The average Bonchev–Trinajstić information content (AvgIpc) is 2.99. The van der Waals surface area contributed by atoms with E-state index in [0.29, 0.717) is 12.5 Å². The molecule has 1 aliphatic heterocycles. The maximum absolute atomic E-state index is 12.0. The Balaban J connectivity index is 1.81. The quantitative estimate of drug-likeness (QED) is 0.809. The van der Waals surface area contributed by atoms with Crippen molar-refractivity contribution in [2.45, 2.75) is 52.6 Å². The van der Waals surface area contributed by atoms with Crippen molar-refractivity contribution in [3.63, 3.8) is 0 Å². The largest absolute Gasteiger partial charge is 0.326 e. The third-order valence-corrected chi connectivity index (χ3v) is 5.28. The molecule has 6 nitrogen and oxygen atoms in total. The maximum Gasteiger partial charge on any atom is 0.224 e. The van der Waals surface area contributed by atoms with Gasteiger partial charge in [0.25, 0.3) is 0 Å². The molecular formula is C21H33N5O. The van der Waals surface area contributed by atoms with E-state index < -0.39 is 0 Å². The summed E-state index contributed by atoms with van der Waals surface area (Å²) in [6, 6.07) is 6.44. The Hall–Kier alpha value is -1.92. The second kappa shape index (κ2) is 8.85. The molecule has 1 fully saturated rings. The topological polar surface area (TPSA) is 53.4 Å². The Bertz CT molecular complexity index is 774. The third-order valence-electron chi connectivity index (χ3n) is 5.28. The number of benzene rings is 1. The van der Waals surface area contributed by atoms with Gasteiger partial charge in [-0.1, -0.05) is 13.3 Å². The SMILES string of the molecule is CCCCC(=O)Nc1ccc2c(c1)nc(CN1CCN(C)CC1)n2C(C)C. The van der Waals surface area contributed by atoms with Crippen LogP contribution in [0, 0.1) is 0 Å². The van der Waals surface area contributed by atoms with Crippen molar-refractivity contribution in [2.75, 3.05) is 38.5 Å². The molecule has 27 heavy (non-hydrogen) atoms. The second-order valence-corrected chi connectivity index (χ2v) is 7.93. The lowest BCUT2D eigenvalue weighted by atomic mass is 10.2. The van der Waals surface area contributed by atoms with Gasteiger partial charge < -0.3 is 14.8 Å². The zero-order valence-corrected chi connectivity index (χ0v) is 17.2. The summed E-state index contributed by atoms with van der Waals surface area (Å²) < 4.78 is 2.33. The molecule has 148 valence electrons. The molecule has 0 spiro atoms. The number of anilines is 1. The molecular weight excluding hydrogens is 338 g/mol. The molecule has 1 aromatic heterocycles. The van der Waals surface area contributed by atoms with Gasteiger partial charge in [-0.15, -0.1) is 0 Å². The van der Waals surface area contributed by atoms with E-state index in [1.54, 1.807) is 0 Å². The van der Waals surface area contributed by atoms with Gasteiger partial charge in [0.05, 0.1) is 17.6 Å². The monoisotopic (exact) mass is 371 g/mol. The first-order valence-corrected chi connectivity index (χ1v) is 10.2. The van der Waals surface area contributed by atoms with Crippen LogP contribution in [-0.4, -0.2) is 58.5 Å². The maximum atomic E-state index is 12.0. The van der Waals surface area contributed by atoms with E-state index in [1.807, 2.05) is 12.1 Å². The van der Waals surface area contributed by atoms with E-state index in [1.165, 1.54) is 0 Å². The van der Waals surface area contributed by atoms with E-state index in [4.69, 9.17) is 4.98 Å². The summed E-state index contributed by atoms with van der Waals surface area (Å²) in [5.74, 6) is 1.19. The number of carbonyl (C=O) groups is 1. The summed E-state index contributed by atoms with van der Waals surface area (Å²) in [6.07, 6.45) is 2.52. The number of hydrogen-bond acceptors (Lipinski definition) is 4. The summed E-state index contributed by atoms with van der Waals surface area (Å²) in [4.78, 5) is 21.8. The second-order valence-electron chi connectivity index (χ2n) is 7.93. The number of unbranched alkanes of at least 4 members (excludes halogenated alkanes) is 1. The molecule has 0 bridgehead atoms. The van der Waals surface area contributed by atoms with Crippen molar-refractivity contribution in [3.05, 3.63) is 24.0 Å². The van der Waals surface area contributed by atoms with Crippen LogP contribution in [0.3, 0.4) is 0 Å². The Labute approximate surface area is 162 Å². The number of amides is 1. The first-order chi connectivity index (χ1) is 13.0. The molecule has 0 unspecified atom stereocenters. The number of nitrogens with zero attached hydrogens (tertiary/aromatic N) is 4. The van der Waals surface area contributed by atoms with Gasteiger partial charge in [-0.05, 0) is 45.5 Å². The number of rotatable bonds is 7. The number of aromatic nitrogens is 2. The van der Waals surface area contributed by atoms with Crippen molar-refractivity contribution >= 4 is 22.6 Å². The van der Waals surface area contributed by atoms with Crippen LogP contribution in [-0.2, 0) is 11.3 Å². The molecule has 6 heteroatoms. The minimum atomic E-state index is 0.0807. The standard InChI is InChI=1S/C21H33N5O/c1-5-6-7-21(27)22-17-8-9-19-18(14-17)23-20(26(19)16(2)3)15-25-12-10-24(4)11-13-25/h8-9,14,16H,5-7,10-13,15H2,1-4H3,(H,22,27). The summed E-state index contributed by atoms with van der Waals surface area (Å²) in [6.45, 7) is 11.8. The van der Waals surface area contributed by atoms with Crippen LogP contribution < -0.4 is 5.32 Å². The third kappa shape index (κ3) is 4.87. The number of carbonyl (C=O) groups excluding carboxylic acids is 1. The van der Waals surface area contributed by atoms with Gasteiger partial charge in [0.15, 0.2) is 0 Å². The summed E-state index contributed by atoms with van der Waals surface area (Å²) >= 11 is 0. The Kier molecular flexibility index (Phi) is 6.50. The number of likely N-dealkylation sites (N-methyl/N-ethyl adjacent to an activating group) is 1. The Morgan fingerprint density at radius 3 is 2.63 bits per heavy atom. The highest BCUT2D eigenvalue weighted by atomic mass is 16.1. The fraction of sp³-hybridized carbons (Fsp3) is 0.619. The van der Waals surface area contributed by atoms with Crippen molar-refractivity contribution in [2.24, 2.45) is 0 Å². The Morgan fingerprint density at radius 1 is 1.22 bits per heavy atom. The van der Waals surface area contributed by atoms with Crippen LogP contribution in [0.5, 0.6) is 0 Å². The fourth-order valence-corrected chi connectivity index (χ4v) is 3.68. The molecule has 0 saturated carbocycles. The van der Waals surface area contributed by atoms with E-state index in [2.05, 4.69) is 53.6 Å². The summed E-state index contributed by atoms with van der Waals surface area (Å²) in [7, 11) is 2.18. The molecule has 0 radical (unpaired) electrons. The van der Waals surface area contributed by atoms with Crippen LogP contribution in [0.15, 0.2) is 18.2 Å². The first-order valence-electron chi connectivity index (χ1n) is 10.2. The van der Waals surface area contributed by atoms with Gasteiger partial charge in [-0.25, -0.2) is 4.98 Å². The van der Waals surface area contributed by atoms with Crippen molar-refractivity contribution in [1.29, 1.82) is 0 Å². The van der Waals surface area contributed by atoms with Crippen LogP contribution in [0.4, 0.5) is 5.69 Å². The zero-order chi connectivity index (χ0) is 19.4. The smallest absolute Gasteiger partial charge is 0.224 e. The van der Waals surface area contributed by atoms with Crippen molar-refractivity contribution < 1.29 is 4.79 Å². The minimum absolute atomic E-state index is 0.0807. The normalized spacial score (nSPS) is 16.3. The predicted molar refractivity (Wildman–Crippen MR) is 111 cm³/mol. The van der Waals surface area contributed by atoms with E-state index in [9.17, 15) is 4.79 Å². The molecule has 2 aromatic rings. The molecule has 1 aromatic carbocycles. The highest BCUT2D eigenvalue weighted by Crippen LogP contribution is 2.25.